The van der Waals surface area contributed by atoms with Gasteiger partial charge in [-0.1, -0.05) is 12.2 Å². The van der Waals surface area contributed by atoms with Crippen LogP contribution in [0.3, 0.4) is 0 Å². The first kappa shape index (κ1) is 12.6. The van der Waals surface area contributed by atoms with Crippen molar-refractivity contribution in [1.29, 1.82) is 0 Å². The highest BCUT2D eigenvalue weighted by molar-refractivity contribution is 5.95. The fourth-order valence-electron chi connectivity index (χ4n) is 2.09. The van der Waals surface area contributed by atoms with Gasteiger partial charge in [0.05, 0.1) is 5.56 Å². The second-order valence-corrected chi connectivity index (χ2v) is 4.60. The van der Waals surface area contributed by atoms with Gasteiger partial charge in [0.25, 0.3) is 5.91 Å². The van der Waals surface area contributed by atoms with E-state index in [1.807, 2.05) is 0 Å². The maximum absolute atomic E-state index is 13.5. The standard InChI is InChI=1S/C14H17FN2O/c15-13-7-6-11(16)8-12(13)14(18)17-9-10-4-2-1-3-5-10/h1-2,6-8,10H,3-5,9,16H2,(H,17,18). The predicted molar refractivity (Wildman–Crippen MR) is 69.6 cm³/mol. The average molecular weight is 248 g/mol. The lowest BCUT2D eigenvalue weighted by atomic mass is 9.94. The van der Waals surface area contributed by atoms with Crippen LogP contribution in [0.2, 0.25) is 0 Å². The van der Waals surface area contributed by atoms with E-state index in [1.165, 1.54) is 18.2 Å². The first-order valence-corrected chi connectivity index (χ1v) is 6.15. The van der Waals surface area contributed by atoms with Gasteiger partial charge in [0.2, 0.25) is 0 Å². The van der Waals surface area contributed by atoms with Gasteiger partial charge in [-0.25, -0.2) is 4.39 Å². The number of halogens is 1. The van der Waals surface area contributed by atoms with Crippen molar-refractivity contribution in [2.75, 3.05) is 12.3 Å². The van der Waals surface area contributed by atoms with Gasteiger partial charge in [-0.3, -0.25) is 4.79 Å². The molecule has 0 aliphatic heterocycles. The van der Waals surface area contributed by atoms with Gasteiger partial charge in [0.15, 0.2) is 0 Å². The van der Waals surface area contributed by atoms with Crippen molar-refractivity contribution in [2.45, 2.75) is 19.3 Å². The molecule has 4 heteroatoms. The quantitative estimate of drug-likeness (QED) is 0.638. The SMILES string of the molecule is Nc1ccc(F)c(C(=O)NCC2CC=CCC2)c1. The van der Waals surface area contributed by atoms with Crippen LogP contribution in [0.4, 0.5) is 10.1 Å². The van der Waals surface area contributed by atoms with E-state index in [-0.39, 0.29) is 5.56 Å². The van der Waals surface area contributed by atoms with Crippen LogP contribution in [0.1, 0.15) is 29.6 Å². The summed E-state index contributed by atoms with van der Waals surface area (Å²) in [5.41, 5.74) is 5.95. The zero-order valence-corrected chi connectivity index (χ0v) is 10.2. The second-order valence-electron chi connectivity index (χ2n) is 4.60. The van der Waals surface area contributed by atoms with Gasteiger partial charge in [0.1, 0.15) is 5.82 Å². The minimum absolute atomic E-state index is 0.0151. The average Bonchev–Trinajstić information content (AvgIpc) is 2.40. The largest absolute Gasteiger partial charge is 0.399 e. The van der Waals surface area contributed by atoms with E-state index in [2.05, 4.69) is 17.5 Å². The number of nitrogens with one attached hydrogen (secondary N) is 1. The van der Waals surface area contributed by atoms with Crippen molar-refractivity contribution in [3.8, 4) is 0 Å². The Bertz CT molecular complexity index is 471. The number of hydrogen-bond acceptors (Lipinski definition) is 2. The van der Waals surface area contributed by atoms with Gasteiger partial charge in [-0.2, -0.15) is 0 Å². The summed E-state index contributed by atoms with van der Waals surface area (Å²) in [6.07, 6.45) is 7.36. The van der Waals surface area contributed by atoms with Gasteiger partial charge < -0.3 is 11.1 Å². The van der Waals surface area contributed by atoms with Crippen LogP contribution in [-0.2, 0) is 0 Å². The first-order valence-electron chi connectivity index (χ1n) is 6.15. The summed E-state index contributed by atoms with van der Waals surface area (Å²) < 4.78 is 13.5. The molecule has 0 fully saturated rings. The van der Waals surface area contributed by atoms with Crippen LogP contribution >= 0.6 is 0 Å². The molecule has 3 N–H and O–H groups in total. The molecule has 1 aromatic carbocycles. The lowest BCUT2D eigenvalue weighted by molar-refractivity contribution is 0.0942. The molecule has 1 amide bonds. The Balaban J connectivity index is 1.95. The van der Waals surface area contributed by atoms with E-state index in [0.29, 0.717) is 18.2 Å². The van der Waals surface area contributed by atoms with Crippen LogP contribution in [0.15, 0.2) is 30.4 Å². The maximum atomic E-state index is 13.5. The van der Waals surface area contributed by atoms with Gasteiger partial charge >= 0.3 is 0 Å². The highest BCUT2D eigenvalue weighted by atomic mass is 19.1. The van der Waals surface area contributed by atoms with E-state index >= 15 is 0 Å². The predicted octanol–water partition coefficient (Wildman–Crippen LogP) is 2.49. The number of allylic oxidation sites excluding steroid dienone is 2. The summed E-state index contributed by atoms with van der Waals surface area (Å²) in [6, 6.07) is 4.02. The normalized spacial score (nSPS) is 18.6. The Kier molecular flexibility index (Phi) is 3.97. The Labute approximate surface area is 106 Å². The number of benzene rings is 1. The van der Waals surface area contributed by atoms with E-state index in [4.69, 9.17) is 5.73 Å². The van der Waals surface area contributed by atoms with Gasteiger partial charge in [0, 0.05) is 12.2 Å². The fraction of sp³-hybridized carbons (Fsp3) is 0.357. The number of carbonyl (C=O) groups excluding carboxylic acids is 1. The highest BCUT2D eigenvalue weighted by Crippen LogP contribution is 2.17. The Hall–Kier alpha value is -1.84. The number of carbonyl (C=O) groups is 1. The number of anilines is 1. The summed E-state index contributed by atoms with van der Waals surface area (Å²) in [5, 5.41) is 2.77. The molecular formula is C14H17FN2O. The molecule has 0 aromatic heterocycles. The van der Waals surface area contributed by atoms with Crippen LogP contribution in [0.25, 0.3) is 0 Å². The summed E-state index contributed by atoms with van der Waals surface area (Å²) in [7, 11) is 0. The second kappa shape index (κ2) is 5.67. The fourth-order valence-corrected chi connectivity index (χ4v) is 2.09. The monoisotopic (exact) mass is 248 g/mol. The van der Waals surface area contributed by atoms with E-state index in [9.17, 15) is 9.18 Å². The molecule has 0 spiro atoms. The molecule has 96 valence electrons. The lowest BCUT2D eigenvalue weighted by Crippen LogP contribution is -2.30. The van der Waals surface area contributed by atoms with Crippen molar-refractivity contribution < 1.29 is 9.18 Å². The van der Waals surface area contributed by atoms with Crippen molar-refractivity contribution in [3.05, 3.63) is 41.7 Å². The van der Waals surface area contributed by atoms with Crippen LogP contribution in [0, 0.1) is 11.7 Å². The number of rotatable bonds is 3. The Morgan fingerprint density at radius 1 is 1.44 bits per heavy atom. The number of amides is 1. The highest BCUT2D eigenvalue weighted by Gasteiger charge is 2.15. The minimum Gasteiger partial charge on any atom is -0.399 e. The third-order valence-electron chi connectivity index (χ3n) is 3.16. The van der Waals surface area contributed by atoms with Gasteiger partial charge in [-0.15, -0.1) is 0 Å². The van der Waals surface area contributed by atoms with Crippen LogP contribution < -0.4 is 11.1 Å². The third kappa shape index (κ3) is 3.09. The molecule has 0 heterocycles. The summed E-state index contributed by atoms with van der Waals surface area (Å²) >= 11 is 0. The zero-order chi connectivity index (χ0) is 13.0. The molecular weight excluding hydrogens is 231 g/mol. The molecule has 1 aromatic rings. The molecule has 1 atom stereocenters. The summed E-state index contributed by atoms with van der Waals surface area (Å²) in [4.78, 5) is 11.8. The summed E-state index contributed by atoms with van der Waals surface area (Å²) in [5.74, 6) is -0.484. The molecule has 1 aliphatic rings. The van der Waals surface area contributed by atoms with Gasteiger partial charge in [-0.05, 0) is 43.4 Å². The van der Waals surface area contributed by atoms with Crippen LogP contribution in [-0.4, -0.2) is 12.5 Å². The molecule has 2 rings (SSSR count). The van der Waals surface area contributed by atoms with Crippen LogP contribution in [0.5, 0.6) is 0 Å². The van der Waals surface area contributed by atoms with E-state index < -0.39 is 11.7 Å². The lowest BCUT2D eigenvalue weighted by Gasteiger charge is -2.18. The molecule has 1 aliphatic carbocycles. The molecule has 0 saturated heterocycles. The zero-order valence-electron chi connectivity index (χ0n) is 10.2. The van der Waals surface area contributed by atoms with Crippen molar-refractivity contribution in [2.24, 2.45) is 5.92 Å². The molecule has 0 saturated carbocycles. The molecule has 0 radical (unpaired) electrons. The summed E-state index contributed by atoms with van der Waals surface area (Å²) in [6.45, 7) is 0.581. The molecule has 0 bridgehead atoms. The van der Waals surface area contributed by atoms with Crippen molar-refractivity contribution >= 4 is 11.6 Å². The topological polar surface area (TPSA) is 55.1 Å². The minimum atomic E-state index is -0.537. The maximum Gasteiger partial charge on any atom is 0.254 e. The Morgan fingerprint density at radius 2 is 2.28 bits per heavy atom. The van der Waals surface area contributed by atoms with Crippen molar-refractivity contribution in [3.63, 3.8) is 0 Å². The molecule has 18 heavy (non-hydrogen) atoms. The van der Waals surface area contributed by atoms with E-state index in [0.717, 1.165) is 19.3 Å². The number of nitrogens with two attached hydrogens (primary N) is 1. The smallest absolute Gasteiger partial charge is 0.254 e. The first-order chi connectivity index (χ1) is 8.66. The molecule has 3 nitrogen and oxygen atoms in total. The molecule has 1 unspecified atom stereocenters. The number of hydrogen-bond donors (Lipinski definition) is 2. The van der Waals surface area contributed by atoms with Crippen molar-refractivity contribution in [1.82, 2.24) is 5.32 Å². The third-order valence-corrected chi connectivity index (χ3v) is 3.16. The number of nitrogen functional groups attached to an aromatic ring is 1. The Morgan fingerprint density at radius 3 is 3.00 bits per heavy atom. The van der Waals surface area contributed by atoms with E-state index in [1.54, 1.807) is 0 Å².